The highest BCUT2D eigenvalue weighted by Gasteiger charge is 2.28. The molecule has 1 aliphatic rings. The number of halogens is 2. The summed E-state index contributed by atoms with van der Waals surface area (Å²) in [4.78, 5) is 23.7. The second-order valence-corrected chi connectivity index (χ2v) is 5.86. The maximum absolute atomic E-state index is 11.9. The molecule has 1 fully saturated rings. The number of hydrogen-bond acceptors (Lipinski definition) is 3. The summed E-state index contributed by atoms with van der Waals surface area (Å²) in [6.07, 6.45) is 0. The van der Waals surface area contributed by atoms with E-state index in [1.807, 2.05) is 19.9 Å². The Labute approximate surface area is 141 Å². The predicted octanol–water partition coefficient (Wildman–Crippen LogP) is 1.98. The van der Waals surface area contributed by atoms with Crippen LogP contribution >= 0.6 is 24.0 Å². The Bertz CT molecular complexity index is 548. The molecule has 0 aromatic heterocycles. The molecule has 1 saturated heterocycles. The molecule has 1 unspecified atom stereocenters. The molecule has 0 radical (unpaired) electrons. The van der Waals surface area contributed by atoms with Gasteiger partial charge < -0.3 is 16.0 Å². The lowest BCUT2D eigenvalue weighted by molar-refractivity contribution is -0.128. The Morgan fingerprint density at radius 3 is 2.64 bits per heavy atom. The molecule has 0 aliphatic carbocycles. The van der Waals surface area contributed by atoms with E-state index in [9.17, 15) is 9.59 Å². The van der Waals surface area contributed by atoms with Crippen molar-refractivity contribution in [2.75, 3.05) is 25.0 Å². The van der Waals surface area contributed by atoms with Crippen LogP contribution in [0.3, 0.4) is 0 Å². The topological polar surface area (TPSA) is 70.2 Å². The van der Waals surface area contributed by atoms with Gasteiger partial charge in [-0.05, 0) is 43.6 Å². The summed E-state index contributed by atoms with van der Waals surface area (Å²) < 4.78 is 0. The molecule has 1 aromatic carbocycles. The maximum atomic E-state index is 11.9. The molecular formula is C15H21Cl2N3O2. The summed E-state index contributed by atoms with van der Waals surface area (Å²) >= 11 is 6.05. The second kappa shape index (κ2) is 8.36. The fourth-order valence-corrected chi connectivity index (χ4v) is 2.41. The normalized spacial score (nSPS) is 15.2. The molecule has 5 nitrogen and oxygen atoms in total. The van der Waals surface area contributed by atoms with Gasteiger partial charge in [-0.25, -0.2) is 0 Å². The number of carbonyl (C=O) groups is 2. The minimum atomic E-state index is -0.284. The predicted molar refractivity (Wildman–Crippen MR) is 90.6 cm³/mol. The molecule has 1 atom stereocenters. The first kappa shape index (κ1) is 18.7. The van der Waals surface area contributed by atoms with Crippen LogP contribution in [0.1, 0.15) is 12.5 Å². The average Bonchev–Trinajstić information content (AvgIpc) is 2.37. The van der Waals surface area contributed by atoms with Crippen molar-refractivity contribution in [3.8, 4) is 0 Å². The number of carbonyl (C=O) groups excluding carboxylic acids is 2. The van der Waals surface area contributed by atoms with Gasteiger partial charge in [0.15, 0.2) is 0 Å². The van der Waals surface area contributed by atoms with Crippen molar-refractivity contribution in [1.29, 1.82) is 0 Å². The van der Waals surface area contributed by atoms with Crippen LogP contribution < -0.4 is 16.0 Å². The van der Waals surface area contributed by atoms with Crippen molar-refractivity contribution in [2.45, 2.75) is 13.8 Å². The van der Waals surface area contributed by atoms with Crippen LogP contribution in [0, 0.1) is 18.8 Å². The van der Waals surface area contributed by atoms with Crippen molar-refractivity contribution in [2.24, 2.45) is 11.8 Å². The number of anilines is 1. The van der Waals surface area contributed by atoms with Gasteiger partial charge in [0.2, 0.25) is 11.8 Å². The largest absolute Gasteiger partial charge is 0.347 e. The van der Waals surface area contributed by atoms with Crippen LogP contribution in [0.15, 0.2) is 18.2 Å². The lowest BCUT2D eigenvalue weighted by Gasteiger charge is -2.31. The zero-order valence-electron chi connectivity index (χ0n) is 12.6. The average molecular weight is 346 g/mol. The van der Waals surface area contributed by atoms with Crippen molar-refractivity contribution < 1.29 is 9.59 Å². The number of nitrogens with one attached hydrogen (secondary N) is 3. The fourth-order valence-electron chi connectivity index (χ4n) is 2.12. The van der Waals surface area contributed by atoms with Crippen molar-refractivity contribution in [1.82, 2.24) is 10.6 Å². The summed E-state index contributed by atoms with van der Waals surface area (Å²) in [5, 5.41) is 8.97. The minimum Gasteiger partial charge on any atom is -0.347 e. The molecular weight excluding hydrogens is 325 g/mol. The van der Waals surface area contributed by atoms with Crippen molar-refractivity contribution in [3.05, 3.63) is 28.8 Å². The zero-order chi connectivity index (χ0) is 15.4. The molecule has 22 heavy (non-hydrogen) atoms. The van der Waals surface area contributed by atoms with Crippen LogP contribution in [0.4, 0.5) is 5.69 Å². The lowest BCUT2D eigenvalue weighted by atomic mass is 9.88. The van der Waals surface area contributed by atoms with E-state index < -0.39 is 0 Å². The van der Waals surface area contributed by atoms with Crippen molar-refractivity contribution >= 4 is 41.5 Å². The molecule has 1 heterocycles. The van der Waals surface area contributed by atoms with Gasteiger partial charge in [0.25, 0.3) is 0 Å². The summed E-state index contributed by atoms with van der Waals surface area (Å²) in [5.74, 6) is -0.0960. The second-order valence-electron chi connectivity index (χ2n) is 5.46. The zero-order valence-corrected chi connectivity index (χ0v) is 14.2. The molecule has 1 aromatic rings. The van der Waals surface area contributed by atoms with Gasteiger partial charge in [-0.1, -0.05) is 24.6 Å². The van der Waals surface area contributed by atoms with Crippen LogP contribution in [-0.2, 0) is 9.59 Å². The van der Waals surface area contributed by atoms with Crippen LogP contribution in [-0.4, -0.2) is 31.4 Å². The highest BCUT2D eigenvalue weighted by molar-refractivity contribution is 6.33. The van der Waals surface area contributed by atoms with E-state index in [4.69, 9.17) is 11.6 Å². The Balaban J connectivity index is 0.00000242. The Morgan fingerprint density at radius 1 is 1.41 bits per heavy atom. The number of hydrogen-bond donors (Lipinski definition) is 3. The first-order chi connectivity index (χ1) is 9.97. The van der Waals surface area contributed by atoms with E-state index in [0.717, 1.165) is 18.7 Å². The molecule has 122 valence electrons. The fraction of sp³-hybridized carbons (Fsp3) is 0.467. The SMILES string of the molecule is Cc1ccc(NC(=O)CNC(=O)C(C)C2CNC2)c(Cl)c1.Cl. The van der Waals surface area contributed by atoms with Gasteiger partial charge in [-0.3, -0.25) is 9.59 Å². The Hall–Kier alpha value is -1.30. The van der Waals surface area contributed by atoms with Crippen LogP contribution in [0.5, 0.6) is 0 Å². The molecule has 0 spiro atoms. The molecule has 0 bridgehead atoms. The van der Waals surface area contributed by atoms with E-state index in [1.165, 1.54) is 0 Å². The summed E-state index contributed by atoms with van der Waals surface area (Å²) in [6.45, 7) is 5.48. The van der Waals surface area contributed by atoms with E-state index in [0.29, 0.717) is 16.6 Å². The number of benzene rings is 1. The highest BCUT2D eigenvalue weighted by Crippen LogP contribution is 2.22. The monoisotopic (exact) mass is 345 g/mol. The first-order valence-electron chi connectivity index (χ1n) is 7.02. The minimum absolute atomic E-state index is 0. The van der Waals surface area contributed by atoms with Crippen LogP contribution in [0.25, 0.3) is 0 Å². The third kappa shape index (κ3) is 4.87. The summed E-state index contributed by atoms with van der Waals surface area (Å²) in [7, 11) is 0. The molecule has 1 aliphatic heterocycles. The first-order valence-corrected chi connectivity index (χ1v) is 7.39. The Morgan fingerprint density at radius 2 is 2.09 bits per heavy atom. The van der Waals surface area contributed by atoms with Gasteiger partial charge in [0.1, 0.15) is 0 Å². The maximum Gasteiger partial charge on any atom is 0.243 e. The van der Waals surface area contributed by atoms with Gasteiger partial charge in [-0.2, -0.15) is 0 Å². The molecule has 0 saturated carbocycles. The van der Waals surface area contributed by atoms with Gasteiger partial charge in [0.05, 0.1) is 17.3 Å². The number of aryl methyl sites for hydroxylation is 1. The number of rotatable bonds is 5. The third-order valence-electron chi connectivity index (χ3n) is 3.76. The highest BCUT2D eigenvalue weighted by atomic mass is 35.5. The standard InChI is InChI=1S/C15H20ClN3O2.ClH/c1-9-3-4-13(12(16)5-9)19-14(20)8-18-15(21)10(2)11-6-17-7-11;/h3-5,10-11,17H,6-8H2,1-2H3,(H,18,21)(H,19,20);1H. The van der Waals surface area contributed by atoms with E-state index in [1.54, 1.807) is 12.1 Å². The van der Waals surface area contributed by atoms with E-state index >= 15 is 0 Å². The van der Waals surface area contributed by atoms with Gasteiger partial charge in [-0.15, -0.1) is 12.4 Å². The molecule has 3 N–H and O–H groups in total. The third-order valence-corrected chi connectivity index (χ3v) is 4.07. The molecule has 2 rings (SSSR count). The van der Waals surface area contributed by atoms with Crippen LogP contribution in [0.2, 0.25) is 5.02 Å². The number of amides is 2. The Kier molecular flexibility index (Phi) is 7.13. The lowest BCUT2D eigenvalue weighted by Crippen LogP contribution is -2.50. The summed E-state index contributed by atoms with van der Waals surface area (Å²) in [6, 6.07) is 5.40. The quantitative estimate of drug-likeness (QED) is 0.764. The van der Waals surface area contributed by atoms with Crippen molar-refractivity contribution in [3.63, 3.8) is 0 Å². The van der Waals surface area contributed by atoms with E-state index in [-0.39, 0.29) is 36.7 Å². The summed E-state index contributed by atoms with van der Waals surface area (Å²) in [5.41, 5.74) is 1.58. The van der Waals surface area contributed by atoms with Gasteiger partial charge >= 0.3 is 0 Å². The molecule has 2 amide bonds. The molecule has 7 heteroatoms. The smallest absolute Gasteiger partial charge is 0.243 e. The van der Waals surface area contributed by atoms with Gasteiger partial charge in [0, 0.05) is 5.92 Å². The van der Waals surface area contributed by atoms with E-state index in [2.05, 4.69) is 16.0 Å².